The molecule has 0 saturated carbocycles. The highest BCUT2D eigenvalue weighted by Crippen LogP contribution is 2.29. The van der Waals surface area contributed by atoms with Crippen LogP contribution in [0.15, 0.2) is 24.3 Å². The van der Waals surface area contributed by atoms with Crippen molar-refractivity contribution in [2.24, 2.45) is 0 Å². The fourth-order valence-electron chi connectivity index (χ4n) is 1.95. The van der Waals surface area contributed by atoms with Gasteiger partial charge in [0.1, 0.15) is 0 Å². The number of halogens is 1. The molecule has 0 spiro atoms. The third-order valence-corrected chi connectivity index (χ3v) is 4.14. The molecule has 1 aromatic heterocycles. The molecule has 0 saturated heterocycles. The molecule has 0 radical (unpaired) electrons. The molecule has 1 nitrogen and oxygen atoms in total. The smallest absolute Gasteiger partial charge is 0.0931 e. The number of rotatable bonds is 4. The van der Waals surface area contributed by atoms with Gasteiger partial charge in [-0.15, -0.1) is 11.3 Å². The molecule has 15 heavy (non-hydrogen) atoms. The van der Waals surface area contributed by atoms with E-state index in [0.717, 1.165) is 23.6 Å². The van der Waals surface area contributed by atoms with Gasteiger partial charge in [-0.1, -0.05) is 30.7 Å². The van der Waals surface area contributed by atoms with Crippen molar-refractivity contribution in [2.75, 3.05) is 0 Å². The Hall–Kier alpha value is -0.310. The second kappa shape index (κ2) is 5.15. The first kappa shape index (κ1) is 11.2. The van der Waals surface area contributed by atoms with Crippen LogP contribution >= 0.6 is 22.9 Å². The molecule has 1 aliphatic rings. The summed E-state index contributed by atoms with van der Waals surface area (Å²) in [4.78, 5) is 1.36. The van der Waals surface area contributed by atoms with Gasteiger partial charge in [0, 0.05) is 17.0 Å². The Morgan fingerprint density at radius 2 is 2.20 bits per heavy atom. The lowest BCUT2D eigenvalue weighted by Crippen LogP contribution is -2.30. The highest BCUT2D eigenvalue weighted by molar-refractivity contribution is 7.16. The molecular formula is C12H16ClNS. The van der Waals surface area contributed by atoms with Crippen LogP contribution < -0.4 is 5.32 Å². The third kappa shape index (κ3) is 2.83. The minimum absolute atomic E-state index is 0.465. The fraction of sp³-hybridized carbons (Fsp3) is 0.500. The van der Waals surface area contributed by atoms with E-state index in [4.69, 9.17) is 11.6 Å². The summed E-state index contributed by atoms with van der Waals surface area (Å²) >= 11 is 7.64. The van der Waals surface area contributed by atoms with E-state index in [0.29, 0.717) is 12.1 Å². The third-order valence-electron chi connectivity index (χ3n) is 2.79. The van der Waals surface area contributed by atoms with Crippen LogP contribution in [0.3, 0.4) is 0 Å². The Kier molecular flexibility index (Phi) is 3.84. The molecule has 1 N–H and O–H groups in total. The van der Waals surface area contributed by atoms with Crippen LogP contribution in [0.25, 0.3) is 0 Å². The monoisotopic (exact) mass is 241 g/mol. The zero-order valence-electron chi connectivity index (χ0n) is 8.87. The average Bonchev–Trinajstić information content (AvgIpc) is 2.85. The van der Waals surface area contributed by atoms with Gasteiger partial charge in [0.15, 0.2) is 0 Å². The van der Waals surface area contributed by atoms with E-state index < -0.39 is 0 Å². The van der Waals surface area contributed by atoms with Crippen LogP contribution in [-0.2, 0) is 0 Å². The normalized spacial score (nSPS) is 18.5. The largest absolute Gasteiger partial charge is 0.306 e. The van der Waals surface area contributed by atoms with Crippen molar-refractivity contribution in [1.82, 2.24) is 5.32 Å². The van der Waals surface area contributed by atoms with E-state index in [1.54, 1.807) is 11.3 Å². The van der Waals surface area contributed by atoms with Crippen molar-refractivity contribution in [2.45, 2.75) is 38.3 Å². The quantitative estimate of drug-likeness (QED) is 0.781. The maximum absolute atomic E-state index is 5.96. The van der Waals surface area contributed by atoms with Crippen LogP contribution in [0, 0.1) is 0 Å². The minimum atomic E-state index is 0.465. The van der Waals surface area contributed by atoms with Crippen molar-refractivity contribution < 1.29 is 0 Å². The lowest BCUT2D eigenvalue weighted by molar-refractivity contribution is 0.443. The SMILES string of the molecule is CCC(NC1CC=CC1)c1ccc(Cl)s1. The Morgan fingerprint density at radius 3 is 2.73 bits per heavy atom. The molecule has 0 aliphatic heterocycles. The maximum atomic E-state index is 5.96. The first-order valence-corrected chi connectivity index (χ1v) is 6.65. The highest BCUT2D eigenvalue weighted by Gasteiger charge is 2.17. The molecular weight excluding hydrogens is 226 g/mol. The van der Waals surface area contributed by atoms with Crippen molar-refractivity contribution in [3.63, 3.8) is 0 Å². The van der Waals surface area contributed by atoms with Crippen LogP contribution in [0.5, 0.6) is 0 Å². The van der Waals surface area contributed by atoms with Crippen LogP contribution in [0.1, 0.15) is 37.1 Å². The van der Waals surface area contributed by atoms with E-state index in [9.17, 15) is 0 Å². The van der Waals surface area contributed by atoms with Gasteiger partial charge in [-0.2, -0.15) is 0 Å². The first-order chi connectivity index (χ1) is 7.29. The Morgan fingerprint density at radius 1 is 1.47 bits per heavy atom. The molecule has 2 rings (SSSR count). The van der Waals surface area contributed by atoms with E-state index in [1.165, 1.54) is 4.88 Å². The molecule has 1 atom stereocenters. The minimum Gasteiger partial charge on any atom is -0.306 e. The topological polar surface area (TPSA) is 12.0 Å². The molecule has 0 aromatic carbocycles. The van der Waals surface area contributed by atoms with Gasteiger partial charge in [-0.05, 0) is 31.4 Å². The molecule has 1 heterocycles. The molecule has 3 heteroatoms. The zero-order valence-corrected chi connectivity index (χ0v) is 10.4. The lowest BCUT2D eigenvalue weighted by Gasteiger charge is -2.20. The van der Waals surface area contributed by atoms with Crippen LogP contribution in [0.4, 0.5) is 0 Å². The summed E-state index contributed by atoms with van der Waals surface area (Å²) in [5.41, 5.74) is 0. The Balaban J connectivity index is 1.97. The first-order valence-electron chi connectivity index (χ1n) is 5.46. The lowest BCUT2D eigenvalue weighted by atomic mass is 10.1. The summed E-state index contributed by atoms with van der Waals surface area (Å²) in [5.74, 6) is 0. The molecule has 1 aliphatic carbocycles. The molecule has 82 valence electrons. The number of thiophene rings is 1. The predicted octanol–water partition coefficient (Wildman–Crippen LogP) is 4.16. The fourth-order valence-corrected chi connectivity index (χ4v) is 3.16. The molecule has 0 fully saturated rings. The average molecular weight is 242 g/mol. The molecule has 0 bridgehead atoms. The maximum Gasteiger partial charge on any atom is 0.0931 e. The van der Waals surface area contributed by atoms with Gasteiger partial charge in [0.05, 0.1) is 4.34 Å². The molecule has 0 amide bonds. The van der Waals surface area contributed by atoms with Crippen molar-refractivity contribution in [1.29, 1.82) is 0 Å². The van der Waals surface area contributed by atoms with Crippen molar-refractivity contribution in [3.05, 3.63) is 33.5 Å². The van der Waals surface area contributed by atoms with E-state index >= 15 is 0 Å². The van der Waals surface area contributed by atoms with Gasteiger partial charge in [0.25, 0.3) is 0 Å². The summed E-state index contributed by atoms with van der Waals surface area (Å²) in [6.07, 6.45) is 7.95. The summed E-state index contributed by atoms with van der Waals surface area (Å²) in [6, 6.07) is 5.21. The van der Waals surface area contributed by atoms with E-state index in [-0.39, 0.29) is 0 Å². The van der Waals surface area contributed by atoms with Gasteiger partial charge >= 0.3 is 0 Å². The van der Waals surface area contributed by atoms with Crippen molar-refractivity contribution >= 4 is 22.9 Å². The van der Waals surface area contributed by atoms with Gasteiger partial charge in [-0.3, -0.25) is 0 Å². The molecule has 1 aromatic rings. The second-order valence-corrected chi connectivity index (χ2v) is 5.66. The highest BCUT2D eigenvalue weighted by atomic mass is 35.5. The van der Waals surface area contributed by atoms with E-state index in [2.05, 4.69) is 30.5 Å². The summed E-state index contributed by atoms with van der Waals surface area (Å²) in [5, 5.41) is 3.68. The van der Waals surface area contributed by atoms with Gasteiger partial charge in [-0.25, -0.2) is 0 Å². The number of hydrogen-bond donors (Lipinski definition) is 1. The summed E-state index contributed by atoms with van der Waals surface area (Å²) < 4.78 is 0.884. The summed E-state index contributed by atoms with van der Waals surface area (Å²) in [7, 11) is 0. The predicted molar refractivity (Wildman–Crippen MR) is 67.7 cm³/mol. The summed E-state index contributed by atoms with van der Waals surface area (Å²) in [6.45, 7) is 2.22. The van der Waals surface area contributed by atoms with Crippen LogP contribution in [-0.4, -0.2) is 6.04 Å². The number of hydrogen-bond acceptors (Lipinski definition) is 2. The molecule has 1 unspecified atom stereocenters. The Labute approximate surface area is 100 Å². The van der Waals surface area contributed by atoms with Crippen LogP contribution in [0.2, 0.25) is 4.34 Å². The standard InChI is InChI=1S/C12H16ClNS/c1-2-10(11-7-8-12(13)15-11)14-9-5-3-4-6-9/h3-4,7-10,14H,2,5-6H2,1H3. The zero-order chi connectivity index (χ0) is 10.7. The second-order valence-electron chi connectivity index (χ2n) is 3.91. The van der Waals surface area contributed by atoms with Gasteiger partial charge in [0.2, 0.25) is 0 Å². The van der Waals surface area contributed by atoms with Gasteiger partial charge < -0.3 is 5.32 Å². The van der Waals surface area contributed by atoms with Crippen molar-refractivity contribution in [3.8, 4) is 0 Å². The van der Waals surface area contributed by atoms with E-state index in [1.807, 2.05) is 6.07 Å². The number of nitrogens with one attached hydrogen (secondary N) is 1. The Bertz CT molecular complexity index is 337.